The molecular formula is C10H11FN2O4. The van der Waals surface area contributed by atoms with E-state index in [4.69, 9.17) is 10.2 Å². The Labute approximate surface area is 96.1 Å². The lowest BCUT2D eigenvalue weighted by Gasteiger charge is -2.13. The number of carboxylic acid groups (broad SMARTS) is 1. The second kappa shape index (κ2) is 5.90. The third-order valence-corrected chi connectivity index (χ3v) is 2.04. The number of hydrogen-bond donors (Lipinski definition) is 3. The van der Waals surface area contributed by atoms with E-state index in [1.54, 1.807) is 0 Å². The van der Waals surface area contributed by atoms with Crippen LogP contribution >= 0.6 is 0 Å². The summed E-state index contributed by atoms with van der Waals surface area (Å²) in [6.45, 7) is -0.393. The number of carbonyl (C=O) groups is 2. The molecule has 1 aromatic heterocycles. The number of aliphatic hydroxyl groups excluding tert-OH is 1. The number of hydrogen-bond acceptors (Lipinski definition) is 4. The van der Waals surface area contributed by atoms with Crippen molar-refractivity contribution in [2.24, 2.45) is 0 Å². The zero-order valence-electron chi connectivity index (χ0n) is 8.76. The highest BCUT2D eigenvalue weighted by molar-refractivity contribution is 5.96. The Hall–Kier alpha value is -2.02. The first-order valence-electron chi connectivity index (χ1n) is 4.80. The van der Waals surface area contributed by atoms with Gasteiger partial charge in [-0.2, -0.15) is 0 Å². The average Bonchev–Trinajstić information content (AvgIpc) is 2.28. The molecular weight excluding hydrogens is 231 g/mol. The SMILES string of the molecule is O=C(NC(CCO)C(=O)O)c1ccncc1F. The zero-order chi connectivity index (χ0) is 12.8. The van der Waals surface area contributed by atoms with Gasteiger partial charge in [0.05, 0.1) is 11.8 Å². The molecule has 0 radical (unpaired) electrons. The number of carboxylic acids is 1. The summed E-state index contributed by atoms with van der Waals surface area (Å²) in [4.78, 5) is 25.7. The van der Waals surface area contributed by atoms with Gasteiger partial charge in [-0.3, -0.25) is 9.78 Å². The third-order valence-electron chi connectivity index (χ3n) is 2.04. The molecule has 92 valence electrons. The topological polar surface area (TPSA) is 99.5 Å². The highest BCUT2D eigenvalue weighted by Crippen LogP contribution is 2.05. The second-order valence-electron chi connectivity index (χ2n) is 3.23. The molecule has 0 saturated heterocycles. The minimum atomic E-state index is -1.29. The van der Waals surface area contributed by atoms with Crippen molar-refractivity contribution >= 4 is 11.9 Å². The van der Waals surface area contributed by atoms with Crippen LogP contribution < -0.4 is 5.32 Å². The molecule has 0 spiro atoms. The molecule has 1 aromatic rings. The third kappa shape index (κ3) is 3.49. The van der Waals surface area contributed by atoms with Crippen molar-refractivity contribution in [3.8, 4) is 0 Å². The van der Waals surface area contributed by atoms with Crippen LogP contribution in [0.25, 0.3) is 0 Å². The van der Waals surface area contributed by atoms with E-state index in [1.165, 1.54) is 6.20 Å². The first-order chi connectivity index (χ1) is 8.06. The normalized spacial score (nSPS) is 11.9. The molecule has 0 aliphatic rings. The Kier molecular flexibility index (Phi) is 4.53. The van der Waals surface area contributed by atoms with Crippen LogP contribution in [0.15, 0.2) is 18.5 Å². The smallest absolute Gasteiger partial charge is 0.326 e. The fourth-order valence-corrected chi connectivity index (χ4v) is 1.18. The molecule has 0 saturated carbocycles. The van der Waals surface area contributed by atoms with Crippen molar-refractivity contribution in [3.63, 3.8) is 0 Å². The largest absolute Gasteiger partial charge is 0.480 e. The van der Waals surface area contributed by atoms with Crippen molar-refractivity contribution in [3.05, 3.63) is 29.8 Å². The lowest BCUT2D eigenvalue weighted by molar-refractivity contribution is -0.139. The maximum atomic E-state index is 13.2. The van der Waals surface area contributed by atoms with Gasteiger partial charge in [0.25, 0.3) is 5.91 Å². The molecule has 0 aromatic carbocycles. The van der Waals surface area contributed by atoms with E-state index >= 15 is 0 Å². The number of rotatable bonds is 5. The molecule has 1 rings (SSSR count). The fraction of sp³-hybridized carbons (Fsp3) is 0.300. The van der Waals surface area contributed by atoms with Crippen LogP contribution in [-0.4, -0.2) is 39.7 Å². The summed E-state index contributed by atoms with van der Waals surface area (Å²) in [7, 11) is 0. The fourth-order valence-electron chi connectivity index (χ4n) is 1.18. The molecule has 1 unspecified atom stereocenters. The number of aromatic nitrogens is 1. The van der Waals surface area contributed by atoms with Crippen LogP contribution in [0.5, 0.6) is 0 Å². The maximum absolute atomic E-state index is 13.2. The van der Waals surface area contributed by atoms with Crippen molar-refractivity contribution in [2.75, 3.05) is 6.61 Å². The van der Waals surface area contributed by atoms with Crippen LogP contribution in [0.2, 0.25) is 0 Å². The molecule has 0 fully saturated rings. The van der Waals surface area contributed by atoms with Crippen LogP contribution in [0.4, 0.5) is 4.39 Å². The lowest BCUT2D eigenvalue weighted by atomic mass is 10.2. The molecule has 17 heavy (non-hydrogen) atoms. The summed E-state index contributed by atoms with van der Waals surface area (Å²) in [5.74, 6) is -2.98. The van der Waals surface area contributed by atoms with E-state index in [-0.39, 0.29) is 12.0 Å². The van der Waals surface area contributed by atoms with Gasteiger partial charge < -0.3 is 15.5 Å². The Morgan fingerprint density at radius 1 is 1.53 bits per heavy atom. The van der Waals surface area contributed by atoms with Gasteiger partial charge >= 0.3 is 5.97 Å². The molecule has 0 aliphatic carbocycles. The van der Waals surface area contributed by atoms with E-state index in [0.717, 1.165) is 12.3 Å². The number of carbonyl (C=O) groups excluding carboxylic acids is 1. The molecule has 1 heterocycles. The van der Waals surface area contributed by atoms with E-state index in [1.807, 2.05) is 0 Å². The summed E-state index contributed by atoms with van der Waals surface area (Å²) in [5.41, 5.74) is -0.288. The number of aliphatic carboxylic acids is 1. The van der Waals surface area contributed by atoms with Crippen molar-refractivity contribution in [2.45, 2.75) is 12.5 Å². The lowest BCUT2D eigenvalue weighted by Crippen LogP contribution is -2.41. The second-order valence-corrected chi connectivity index (χ2v) is 3.23. The van der Waals surface area contributed by atoms with Gasteiger partial charge in [0.1, 0.15) is 6.04 Å². The summed E-state index contributed by atoms with van der Waals surface area (Å²) in [6, 6.07) is -0.109. The molecule has 0 bridgehead atoms. The minimum absolute atomic E-state index is 0.145. The number of nitrogens with zero attached hydrogens (tertiary/aromatic N) is 1. The summed E-state index contributed by atoms with van der Waals surface area (Å²) < 4.78 is 13.2. The van der Waals surface area contributed by atoms with E-state index in [0.29, 0.717) is 0 Å². The Morgan fingerprint density at radius 3 is 2.76 bits per heavy atom. The van der Waals surface area contributed by atoms with Crippen molar-refractivity contribution in [1.82, 2.24) is 10.3 Å². The van der Waals surface area contributed by atoms with E-state index < -0.39 is 30.3 Å². The van der Waals surface area contributed by atoms with Gasteiger partial charge in [0.2, 0.25) is 0 Å². The Bertz CT molecular complexity index is 425. The van der Waals surface area contributed by atoms with Crippen LogP contribution in [0.3, 0.4) is 0 Å². The predicted octanol–water partition coefficient (Wildman–Crippen LogP) is -0.214. The zero-order valence-corrected chi connectivity index (χ0v) is 8.76. The van der Waals surface area contributed by atoms with Gasteiger partial charge in [0, 0.05) is 19.2 Å². The van der Waals surface area contributed by atoms with Gasteiger partial charge in [-0.15, -0.1) is 0 Å². The minimum Gasteiger partial charge on any atom is -0.480 e. The van der Waals surface area contributed by atoms with E-state index in [9.17, 15) is 14.0 Å². The van der Waals surface area contributed by atoms with Gasteiger partial charge in [-0.25, -0.2) is 9.18 Å². The maximum Gasteiger partial charge on any atom is 0.326 e. The number of halogens is 1. The molecule has 0 aliphatic heterocycles. The van der Waals surface area contributed by atoms with Gasteiger partial charge in [-0.1, -0.05) is 0 Å². The van der Waals surface area contributed by atoms with Crippen LogP contribution in [0.1, 0.15) is 16.8 Å². The van der Waals surface area contributed by atoms with Crippen LogP contribution in [0, 0.1) is 5.82 Å². The molecule has 1 atom stereocenters. The number of amides is 1. The summed E-state index contributed by atoms with van der Waals surface area (Å²) in [5, 5.41) is 19.5. The molecule has 3 N–H and O–H groups in total. The quantitative estimate of drug-likeness (QED) is 0.663. The molecule has 1 amide bonds. The number of nitrogens with one attached hydrogen (secondary N) is 1. The first-order valence-corrected chi connectivity index (χ1v) is 4.80. The van der Waals surface area contributed by atoms with Gasteiger partial charge in [0.15, 0.2) is 5.82 Å². The van der Waals surface area contributed by atoms with Gasteiger partial charge in [-0.05, 0) is 6.07 Å². The highest BCUT2D eigenvalue weighted by atomic mass is 19.1. The predicted molar refractivity (Wildman–Crippen MR) is 54.8 cm³/mol. The Balaban J connectivity index is 2.77. The van der Waals surface area contributed by atoms with Crippen molar-refractivity contribution in [1.29, 1.82) is 0 Å². The molecule has 6 nitrogen and oxygen atoms in total. The molecule has 7 heteroatoms. The average molecular weight is 242 g/mol. The first kappa shape index (κ1) is 13.0. The summed E-state index contributed by atoms with van der Waals surface area (Å²) >= 11 is 0. The number of pyridine rings is 1. The highest BCUT2D eigenvalue weighted by Gasteiger charge is 2.21. The Morgan fingerprint density at radius 2 is 2.24 bits per heavy atom. The van der Waals surface area contributed by atoms with Crippen molar-refractivity contribution < 1.29 is 24.2 Å². The number of aliphatic hydroxyl groups is 1. The van der Waals surface area contributed by atoms with Crippen LogP contribution in [-0.2, 0) is 4.79 Å². The monoisotopic (exact) mass is 242 g/mol. The standard InChI is InChI=1S/C10H11FN2O4/c11-7-5-12-3-1-6(7)9(15)13-8(2-4-14)10(16)17/h1,3,5,8,14H,2,4H2,(H,13,15)(H,16,17). The van der Waals surface area contributed by atoms with E-state index in [2.05, 4.69) is 10.3 Å². The summed E-state index contributed by atoms with van der Waals surface area (Å²) in [6.07, 6.45) is 1.93.